The third kappa shape index (κ3) is 8.42. The Balaban J connectivity index is 1.64. The van der Waals surface area contributed by atoms with E-state index >= 15 is 0 Å². The molecule has 0 heterocycles. The highest BCUT2D eigenvalue weighted by molar-refractivity contribution is 5.96. The van der Waals surface area contributed by atoms with Gasteiger partial charge in [-0.05, 0) is 61.8 Å². The van der Waals surface area contributed by atoms with E-state index in [0.717, 1.165) is 30.5 Å². The van der Waals surface area contributed by atoms with Crippen molar-refractivity contribution in [3.05, 3.63) is 64.7 Å². The van der Waals surface area contributed by atoms with Crippen molar-refractivity contribution < 1.29 is 14.4 Å². The number of amides is 2. The Hall–Kier alpha value is -3.19. The Morgan fingerprint density at radius 2 is 1.68 bits per heavy atom. The molecular weight excluding hydrogens is 464 g/mol. The van der Waals surface area contributed by atoms with E-state index in [9.17, 15) is 14.4 Å². The molecule has 37 heavy (non-hydrogen) atoms. The monoisotopic (exact) mass is 506 g/mol. The van der Waals surface area contributed by atoms with Crippen LogP contribution in [0.25, 0.3) is 0 Å². The number of carbonyl (C=O) groups excluding carboxylic acids is 3. The van der Waals surface area contributed by atoms with Crippen LogP contribution >= 0.6 is 0 Å². The van der Waals surface area contributed by atoms with Gasteiger partial charge in [-0.25, -0.2) is 0 Å². The van der Waals surface area contributed by atoms with Gasteiger partial charge in [0.25, 0.3) is 0 Å². The lowest BCUT2D eigenvalue weighted by molar-refractivity contribution is -0.128. The van der Waals surface area contributed by atoms with Crippen LogP contribution in [0.3, 0.4) is 0 Å². The summed E-state index contributed by atoms with van der Waals surface area (Å²) in [6, 6.07) is 14.4. The third-order valence-corrected chi connectivity index (χ3v) is 7.05. The van der Waals surface area contributed by atoms with Crippen LogP contribution < -0.4 is 15.5 Å². The van der Waals surface area contributed by atoms with Crippen molar-refractivity contribution in [1.29, 1.82) is 0 Å². The minimum absolute atomic E-state index is 0.0430. The molecule has 200 valence electrons. The van der Waals surface area contributed by atoms with Gasteiger partial charge in [-0.3, -0.25) is 14.4 Å². The number of fused-ring (bicyclic) bond motifs is 1. The standard InChI is InChI=1S/C30H42N4O3/c1-21(2)31-13-14-32-29(36)19-34(28-18-25(23(4)35)11-10-22(28)3)20-30(37)33(5)15-12-24-16-26-8-6-7-9-27(26)17-24/h6-11,18,21,24,31H,12-17,19-20H2,1-5H3,(H,32,36). The minimum atomic E-state index is -0.155. The van der Waals surface area contributed by atoms with Gasteiger partial charge in [-0.15, -0.1) is 0 Å². The van der Waals surface area contributed by atoms with Gasteiger partial charge in [0.05, 0.1) is 13.1 Å². The molecular formula is C30H42N4O3. The zero-order valence-corrected chi connectivity index (χ0v) is 23.0. The highest BCUT2D eigenvalue weighted by atomic mass is 16.2. The summed E-state index contributed by atoms with van der Waals surface area (Å²) in [5.41, 5.74) is 5.05. The third-order valence-electron chi connectivity index (χ3n) is 7.05. The molecule has 1 aliphatic carbocycles. The SMILES string of the molecule is CC(=O)c1ccc(C)c(N(CC(=O)NCCNC(C)C)CC(=O)N(C)CCC2Cc3ccccc3C2)c1. The van der Waals surface area contributed by atoms with Gasteiger partial charge in [0.1, 0.15) is 0 Å². The molecule has 1 aliphatic rings. The molecule has 7 heteroatoms. The fourth-order valence-corrected chi connectivity index (χ4v) is 4.83. The molecule has 0 saturated heterocycles. The molecule has 0 fully saturated rings. The number of benzene rings is 2. The van der Waals surface area contributed by atoms with Gasteiger partial charge in [0, 0.05) is 44.0 Å². The number of hydrogen-bond acceptors (Lipinski definition) is 5. The second-order valence-electron chi connectivity index (χ2n) is 10.5. The van der Waals surface area contributed by atoms with E-state index in [1.165, 1.54) is 18.1 Å². The number of nitrogens with one attached hydrogen (secondary N) is 2. The number of rotatable bonds is 13. The summed E-state index contributed by atoms with van der Waals surface area (Å²) in [6.45, 7) is 9.54. The van der Waals surface area contributed by atoms with E-state index in [2.05, 4.69) is 48.7 Å². The number of hydrogen-bond donors (Lipinski definition) is 2. The van der Waals surface area contributed by atoms with Crippen molar-refractivity contribution in [2.75, 3.05) is 44.7 Å². The molecule has 3 rings (SSSR count). The van der Waals surface area contributed by atoms with E-state index in [-0.39, 0.29) is 30.7 Å². The van der Waals surface area contributed by atoms with E-state index in [4.69, 9.17) is 0 Å². The predicted octanol–water partition coefficient (Wildman–Crippen LogP) is 3.38. The molecule has 2 amide bonds. The Morgan fingerprint density at radius 3 is 2.30 bits per heavy atom. The lowest BCUT2D eigenvalue weighted by Crippen LogP contribution is -2.45. The number of likely N-dealkylation sites (N-methyl/N-ethyl adjacent to an activating group) is 1. The Kier molecular flexibility index (Phi) is 10.3. The number of nitrogens with zero attached hydrogens (tertiary/aromatic N) is 2. The van der Waals surface area contributed by atoms with Gasteiger partial charge in [0.2, 0.25) is 11.8 Å². The van der Waals surface area contributed by atoms with Gasteiger partial charge in [0.15, 0.2) is 5.78 Å². The first kappa shape index (κ1) is 28.4. The molecule has 0 unspecified atom stereocenters. The Bertz CT molecular complexity index is 1070. The van der Waals surface area contributed by atoms with Crippen LogP contribution in [0.1, 0.15) is 54.2 Å². The lowest BCUT2D eigenvalue weighted by atomic mass is 10.0. The summed E-state index contributed by atoms with van der Waals surface area (Å²) in [5, 5.41) is 6.21. The van der Waals surface area contributed by atoms with Crippen LogP contribution in [-0.4, -0.2) is 68.3 Å². The van der Waals surface area contributed by atoms with Crippen molar-refractivity contribution >= 4 is 23.3 Å². The summed E-state index contributed by atoms with van der Waals surface area (Å²) < 4.78 is 0. The smallest absolute Gasteiger partial charge is 0.241 e. The van der Waals surface area contributed by atoms with Crippen molar-refractivity contribution in [3.8, 4) is 0 Å². The van der Waals surface area contributed by atoms with Crippen molar-refractivity contribution in [3.63, 3.8) is 0 Å². The zero-order valence-electron chi connectivity index (χ0n) is 23.0. The number of Topliss-reactive ketones (excluding diaryl/α,β-unsaturated/α-hetero) is 1. The normalized spacial score (nSPS) is 12.9. The molecule has 2 N–H and O–H groups in total. The highest BCUT2D eigenvalue weighted by Crippen LogP contribution is 2.28. The van der Waals surface area contributed by atoms with Gasteiger partial charge in [-0.2, -0.15) is 0 Å². The maximum Gasteiger partial charge on any atom is 0.241 e. The number of aryl methyl sites for hydroxylation is 1. The molecule has 0 atom stereocenters. The number of anilines is 1. The number of ketones is 1. The quantitative estimate of drug-likeness (QED) is 0.322. The van der Waals surface area contributed by atoms with Crippen LogP contribution in [0.4, 0.5) is 5.69 Å². The molecule has 2 aromatic rings. The molecule has 7 nitrogen and oxygen atoms in total. The summed E-state index contributed by atoms with van der Waals surface area (Å²) in [7, 11) is 1.83. The lowest BCUT2D eigenvalue weighted by Gasteiger charge is -2.28. The molecule has 0 aromatic heterocycles. The predicted molar refractivity (Wildman–Crippen MR) is 149 cm³/mol. The van der Waals surface area contributed by atoms with Gasteiger partial charge >= 0.3 is 0 Å². The topological polar surface area (TPSA) is 81.8 Å². The first-order valence-electron chi connectivity index (χ1n) is 13.3. The molecule has 0 spiro atoms. The summed E-state index contributed by atoms with van der Waals surface area (Å²) in [4.78, 5) is 41.6. The van der Waals surface area contributed by atoms with Gasteiger partial charge in [-0.1, -0.05) is 50.2 Å². The molecule has 2 aromatic carbocycles. The van der Waals surface area contributed by atoms with Crippen molar-refractivity contribution in [1.82, 2.24) is 15.5 Å². The van der Waals surface area contributed by atoms with Crippen molar-refractivity contribution in [2.24, 2.45) is 5.92 Å². The summed E-state index contributed by atoms with van der Waals surface area (Å²) >= 11 is 0. The summed E-state index contributed by atoms with van der Waals surface area (Å²) in [6.07, 6.45) is 3.07. The fourth-order valence-electron chi connectivity index (χ4n) is 4.83. The average Bonchev–Trinajstić information content (AvgIpc) is 3.28. The van der Waals surface area contributed by atoms with E-state index in [1.54, 1.807) is 21.9 Å². The highest BCUT2D eigenvalue weighted by Gasteiger charge is 2.23. The van der Waals surface area contributed by atoms with E-state index in [1.807, 2.05) is 20.0 Å². The van der Waals surface area contributed by atoms with Crippen LogP contribution in [-0.2, 0) is 22.4 Å². The maximum absolute atomic E-state index is 13.3. The second-order valence-corrected chi connectivity index (χ2v) is 10.5. The second kappa shape index (κ2) is 13.4. The first-order chi connectivity index (χ1) is 17.6. The van der Waals surface area contributed by atoms with Crippen LogP contribution in [0.15, 0.2) is 42.5 Å². The molecule has 0 radical (unpaired) electrons. The fraction of sp³-hybridized carbons (Fsp3) is 0.500. The Morgan fingerprint density at radius 1 is 1.00 bits per heavy atom. The van der Waals surface area contributed by atoms with Crippen LogP contribution in [0.5, 0.6) is 0 Å². The minimum Gasteiger partial charge on any atom is -0.353 e. The maximum atomic E-state index is 13.3. The Labute approximate surface area is 221 Å². The zero-order chi connectivity index (χ0) is 26.9. The average molecular weight is 507 g/mol. The van der Waals surface area contributed by atoms with Crippen molar-refractivity contribution in [2.45, 2.75) is 53.0 Å². The van der Waals surface area contributed by atoms with E-state index in [0.29, 0.717) is 37.2 Å². The van der Waals surface area contributed by atoms with E-state index < -0.39 is 0 Å². The molecule has 0 bridgehead atoms. The largest absolute Gasteiger partial charge is 0.353 e. The molecule has 0 aliphatic heterocycles. The summed E-state index contributed by atoms with van der Waals surface area (Å²) in [5.74, 6) is 0.296. The first-order valence-corrected chi connectivity index (χ1v) is 13.3. The van der Waals surface area contributed by atoms with Crippen LogP contribution in [0, 0.1) is 12.8 Å². The van der Waals surface area contributed by atoms with Crippen LogP contribution in [0.2, 0.25) is 0 Å². The number of carbonyl (C=O) groups is 3. The molecule has 0 saturated carbocycles. The van der Waals surface area contributed by atoms with Gasteiger partial charge < -0.3 is 20.4 Å².